The number of benzene rings is 1. The highest BCUT2D eigenvalue weighted by Crippen LogP contribution is 2.38. The molecule has 0 bridgehead atoms. The second kappa shape index (κ2) is 5.59. The minimum absolute atomic E-state index is 0.0178. The van der Waals surface area contributed by atoms with Gasteiger partial charge in [0.15, 0.2) is 0 Å². The molecule has 0 aliphatic carbocycles. The molecule has 1 saturated heterocycles. The SMILES string of the molecule is CC1(C)CC(CC(=O)O)CN1S(=O)(=O)c1ccc(Cl)cc1. The number of carboxylic acid groups (broad SMARTS) is 1. The minimum atomic E-state index is -3.65. The van der Waals surface area contributed by atoms with Crippen LogP contribution in [0.4, 0.5) is 0 Å². The van der Waals surface area contributed by atoms with E-state index >= 15 is 0 Å². The smallest absolute Gasteiger partial charge is 0.303 e. The predicted octanol–water partition coefficient (Wildman–Crippen LogP) is 2.60. The third-order valence-corrected chi connectivity index (χ3v) is 6.10. The maximum absolute atomic E-state index is 12.7. The molecule has 1 aromatic rings. The fourth-order valence-electron chi connectivity index (χ4n) is 2.90. The standard InChI is InChI=1S/C14H18ClNO4S/c1-14(2)8-10(7-13(17)18)9-16(14)21(19,20)12-5-3-11(15)4-6-12/h3-6,10H,7-9H2,1-2H3,(H,17,18). The van der Waals surface area contributed by atoms with Gasteiger partial charge in [-0.1, -0.05) is 11.6 Å². The average molecular weight is 332 g/mol. The van der Waals surface area contributed by atoms with Crippen molar-refractivity contribution in [2.75, 3.05) is 6.54 Å². The largest absolute Gasteiger partial charge is 0.481 e. The van der Waals surface area contributed by atoms with Crippen molar-refractivity contribution in [3.05, 3.63) is 29.3 Å². The molecule has 0 aromatic heterocycles. The summed E-state index contributed by atoms with van der Waals surface area (Å²) in [5, 5.41) is 9.37. The zero-order valence-electron chi connectivity index (χ0n) is 11.9. The molecular formula is C14H18ClNO4S. The molecule has 1 heterocycles. The molecule has 21 heavy (non-hydrogen) atoms. The average Bonchev–Trinajstić information content (AvgIpc) is 2.64. The third-order valence-electron chi connectivity index (χ3n) is 3.75. The summed E-state index contributed by atoms with van der Waals surface area (Å²) in [6.45, 7) is 3.87. The number of carbonyl (C=O) groups is 1. The quantitative estimate of drug-likeness (QED) is 0.920. The number of aliphatic carboxylic acids is 1. The molecule has 1 aromatic carbocycles. The van der Waals surface area contributed by atoms with Crippen LogP contribution >= 0.6 is 11.6 Å². The summed E-state index contributed by atoms with van der Waals surface area (Å²) in [4.78, 5) is 11.0. The summed E-state index contributed by atoms with van der Waals surface area (Å²) >= 11 is 5.78. The Hall–Kier alpha value is -1.11. The lowest BCUT2D eigenvalue weighted by Crippen LogP contribution is -2.42. The molecule has 0 spiro atoms. The highest BCUT2D eigenvalue weighted by Gasteiger charge is 2.45. The summed E-state index contributed by atoms with van der Waals surface area (Å²) in [5.74, 6) is -1.07. The zero-order valence-corrected chi connectivity index (χ0v) is 13.5. The first-order chi connectivity index (χ1) is 9.63. The van der Waals surface area contributed by atoms with Crippen molar-refractivity contribution < 1.29 is 18.3 Å². The topological polar surface area (TPSA) is 74.7 Å². The maximum atomic E-state index is 12.7. The molecule has 1 atom stereocenters. The number of hydrogen-bond donors (Lipinski definition) is 1. The highest BCUT2D eigenvalue weighted by atomic mass is 35.5. The second-order valence-corrected chi connectivity index (χ2v) is 8.27. The van der Waals surface area contributed by atoms with E-state index < -0.39 is 21.5 Å². The van der Waals surface area contributed by atoms with Gasteiger partial charge < -0.3 is 5.11 Å². The molecule has 1 unspecified atom stereocenters. The number of carboxylic acids is 1. The Labute approximate surface area is 129 Å². The lowest BCUT2D eigenvalue weighted by atomic mass is 9.95. The maximum Gasteiger partial charge on any atom is 0.303 e. The fourth-order valence-corrected chi connectivity index (χ4v) is 4.89. The zero-order chi connectivity index (χ0) is 15.8. The number of nitrogens with zero attached hydrogens (tertiary/aromatic N) is 1. The molecular weight excluding hydrogens is 314 g/mol. The number of rotatable bonds is 4. The first-order valence-electron chi connectivity index (χ1n) is 6.63. The van der Waals surface area contributed by atoms with Crippen LogP contribution in [0.25, 0.3) is 0 Å². The first kappa shape index (κ1) is 16.3. The van der Waals surface area contributed by atoms with Gasteiger partial charge in [-0.2, -0.15) is 4.31 Å². The van der Waals surface area contributed by atoms with Gasteiger partial charge in [0.1, 0.15) is 0 Å². The van der Waals surface area contributed by atoms with Crippen LogP contribution in [0.15, 0.2) is 29.2 Å². The van der Waals surface area contributed by atoms with E-state index in [1.165, 1.54) is 28.6 Å². The van der Waals surface area contributed by atoms with Gasteiger partial charge in [0.05, 0.1) is 4.90 Å². The van der Waals surface area contributed by atoms with E-state index in [0.717, 1.165) is 0 Å². The van der Waals surface area contributed by atoms with E-state index in [1.807, 2.05) is 13.8 Å². The Morgan fingerprint density at radius 1 is 1.38 bits per heavy atom. The van der Waals surface area contributed by atoms with Crippen LogP contribution in [0, 0.1) is 5.92 Å². The van der Waals surface area contributed by atoms with Crippen molar-refractivity contribution in [1.82, 2.24) is 4.31 Å². The van der Waals surface area contributed by atoms with Gasteiger partial charge in [-0.25, -0.2) is 8.42 Å². The van der Waals surface area contributed by atoms with Crippen LogP contribution in [0.3, 0.4) is 0 Å². The Morgan fingerprint density at radius 3 is 2.48 bits per heavy atom. The number of halogens is 1. The van der Waals surface area contributed by atoms with Gasteiger partial charge in [0, 0.05) is 23.5 Å². The summed E-state index contributed by atoms with van der Waals surface area (Å²) in [6, 6.07) is 6.01. The molecule has 1 aliphatic rings. The Bertz CT molecular complexity index is 639. The van der Waals surface area contributed by atoms with Crippen LogP contribution in [0.5, 0.6) is 0 Å². The van der Waals surface area contributed by atoms with E-state index in [0.29, 0.717) is 11.4 Å². The van der Waals surface area contributed by atoms with E-state index in [2.05, 4.69) is 0 Å². The molecule has 7 heteroatoms. The molecule has 1 aliphatic heterocycles. The normalized spacial score (nSPS) is 22.3. The molecule has 1 fully saturated rings. The third kappa shape index (κ3) is 3.39. The predicted molar refractivity (Wildman–Crippen MR) is 79.8 cm³/mol. The van der Waals surface area contributed by atoms with Crippen LogP contribution < -0.4 is 0 Å². The molecule has 2 rings (SSSR count). The monoisotopic (exact) mass is 331 g/mol. The molecule has 5 nitrogen and oxygen atoms in total. The van der Waals surface area contributed by atoms with Gasteiger partial charge in [-0.15, -0.1) is 0 Å². The van der Waals surface area contributed by atoms with E-state index in [1.54, 1.807) is 0 Å². The van der Waals surface area contributed by atoms with Gasteiger partial charge in [-0.05, 0) is 50.5 Å². The minimum Gasteiger partial charge on any atom is -0.481 e. The first-order valence-corrected chi connectivity index (χ1v) is 8.45. The fraction of sp³-hybridized carbons (Fsp3) is 0.500. The van der Waals surface area contributed by atoms with E-state index in [4.69, 9.17) is 16.7 Å². The van der Waals surface area contributed by atoms with Crippen molar-refractivity contribution in [2.24, 2.45) is 5.92 Å². The summed E-state index contributed by atoms with van der Waals surface area (Å²) < 4.78 is 26.9. The van der Waals surface area contributed by atoms with Crippen LogP contribution in [-0.4, -0.2) is 35.9 Å². The number of sulfonamides is 1. The second-order valence-electron chi connectivity index (χ2n) is 5.97. The molecule has 0 saturated carbocycles. The van der Waals surface area contributed by atoms with Crippen LogP contribution in [-0.2, 0) is 14.8 Å². The van der Waals surface area contributed by atoms with Crippen LogP contribution in [0.1, 0.15) is 26.7 Å². The van der Waals surface area contributed by atoms with Crippen molar-refractivity contribution in [3.8, 4) is 0 Å². The van der Waals surface area contributed by atoms with Crippen molar-refractivity contribution in [2.45, 2.75) is 37.1 Å². The Kier molecular flexibility index (Phi) is 4.33. The Morgan fingerprint density at radius 2 is 1.95 bits per heavy atom. The van der Waals surface area contributed by atoms with Crippen molar-refractivity contribution >= 4 is 27.6 Å². The van der Waals surface area contributed by atoms with Gasteiger partial charge in [0.25, 0.3) is 0 Å². The molecule has 1 N–H and O–H groups in total. The van der Waals surface area contributed by atoms with Crippen molar-refractivity contribution in [1.29, 1.82) is 0 Å². The van der Waals surface area contributed by atoms with E-state index in [9.17, 15) is 13.2 Å². The molecule has 0 amide bonds. The Balaban J connectivity index is 2.31. The lowest BCUT2D eigenvalue weighted by Gasteiger charge is -2.30. The highest BCUT2D eigenvalue weighted by molar-refractivity contribution is 7.89. The van der Waals surface area contributed by atoms with Crippen LogP contribution in [0.2, 0.25) is 5.02 Å². The molecule has 0 radical (unpaired) electrons. The summed E-state index contributed by atoms with van der Waals surface area (Å²) in [7, 11) is -3.65. The van der Waals surface area contributed by atoms with Gasteiger partial charge >= 0.3 is 5.97 Å². The molecule has 116 valence electrons. The lowest BCUT2D eigenvalue weighted by molar-refractivity contribution is -0.138. The number of hydrogen-bond acceptors (Lipinski definition) is 3. The van der Waals surface area contributed by atoms with E-state index in [-0.39, 0.29) is 23.8 Å². The van der Waals surface area contributed by atoms with Crippen molar-refractivity contribution in [3.63, 3.8) is 0 Å². The summed E-state index contributed by atoms with van der Waals surface area (Å²) in [5.41, 5.74) is -0.599. The van der Waals surface area contributed by atoms with Gasteiger partial charge in [0.2, 0.25) is 10.0 Å². The summed E-state index contributed by atoms with van der Waals surface area (Å²) in [6.07, 6.45) is 0.516. The van der Waals surface area contributed by atoms with Gasteiger partial charge in [-0.3, -0.25) is 4.79 Å².